The largest absolute Gasteiger partial charge is 0.293 e. The van der Waals surface area contributed by atoms with E-state index in [4.69, 9.17) is 0 Å². The molecule has 0 unspecified atom stereocenters. The van der Waals surface area contributed by atoms with E-state index in [1.54, 1.807) is 12.1 Å². The fourth-order valence-electron chi connectivity index (χ4n) is 2.66. The van der Waals surface area contributed by atoms with Gasteiger partial charge in [-0.1, -0.05) is 66.4 Å². The number of nitrogens with one attached hydrogen (secondary N) is 1. The summed E-state index contributed by atoms with van der Waals surface area (Å²) in [4.78, 5) is 23.2. The van der Waals surface area contributed by atoms with Crippen molar-refractivity contribution >= 4 is 38.4 Å². The Balaban J connectivity index is 1.76. The summed E-state index contributed by atoms with van der Waals surface area (Å²) in [6, 6.07) is 22.6. The minimum absolute atomic E-state index is 0.0108. The number of carbonyl (C=O) groups is 2. The third-order valence-electron chi connectivity index (χ3n) is 4.12. The minimum Gasteiger partial charge on any atom is -0.293 e. The van der Waals surface area contributed by atoms with Gasteiger partial charge in [-0.05, 0) is 35.4 Å². The molecular weight excluding hydrogens is 406 g/mol. The van der Waals surface area contributed by atoms with Crippen molar-refractivity contribution in [2.75, 3.05) is 10.5 Å². The van der Waals surface area contributed by atoms with Crippen LogP contribution < -0.4 is 4.72 Å². The van der Waals surface area contributed by atoms with E-state index < -0.39 is 10.0 Å². The number of carbonyl (C=O) groups excluding carboxylic acids is 2. The standard InChI is InChI=1S/C22H19NO4S2/c1-16(24)28-15-22(25)19-8-5-9-21(14-19)29(26,27)23-20-12-10-18(11-13-20)17-6-3-2-4-7-17/h2-14,23H,15H2,1H3. The quantitative estimate of drug-likeness (QED) is 0.559. The molecule has 7 heteroatoms. The van der Waals surface area contributed by atoms with Crippen molar-refractivity contribution < 1.29 is 18.0 Å². The number of ketones is 1. The van der Waals surface area contributed by atoms with E-state index in [9.17, 15) is 18.0 Å². The molecule has 0 aliphatic heterocycles. The normalized spacial score (nSPS) is 11.1. The van der Waals surface area contributed by atoms with Crippen LogP contribution in [-0.2, 0) is 14.8 Å². The molecule has 3 rings (SSSR count). The Morgan fingerprint density at radius 3 is 2.17 bits per heavy atom. The second kappa shape index (κ2) is 9.07. The van der Waals surface area contributed by atoms with Crippen LogP contribution in [0.25, 0.3) is 11.1 Å². The highest BCUT2D eigenvalue weighted by atomic mass is 32.2. The van der Waals surface area contributed by atoms with E-state index in [0.717, 1.165) is 22.9 Å². The van der Waals surface area contributed by atoms with Gasteiger partial charge in [0.05, 0.1) is 10.6 Å². The van der Waals surface area contributed by atoms with Crippen molar-refractivity contribution in [3.05, 3.63) is 84.4 Å². The maximum absolute atomic E-state index is 12.7. The van der Waals surface area contributed by atoms with Crippen molar-refractivity contribution in [1.82, 2.24) is 0 Å². The van der Waals surface area contributed by atoms with E-state index in [1.807, 2.05) is 42.5 Å². The first kappa shape index (κ1) is 20.8. The molecule has 0 aliphatic carbocycles. The first-order chi connectivity index (χ1) is 13.8. The number of hydrogen-bond acceptors (Lipinski definition) is 5. The first-order valence-corrected chi connectivity index (χ1v) is 11.3. The third kappa shape index (κ3) is 5.56. The maximum Gasteiger partial charge on any atom is 0.261 e. The van der Waals surface area contributed by atoms with Crippen LogP contribution in [0.5, 0.6) is 0 Å². The summed E-state index contributed by atoms with van der Waals surface area (Å²) < 4.78 is 28.0. The lowest BCUT2D eigenvalue weighted by atomic mass is 10.1. The van der Waals surface area contributed by atoms with Crippen LogP contribution in [0.3, 0.4) is 0 Å². The summed E-state index contributed by atoms with van der Waals surface area (Å²) in [6.07, 6.45) is 0. The number of anilines is 1. The number of hydrogen-bond donors (Lipinski definition) is 1. The minimum atomic E-state index is -3.85. The van der Waals surface area contributed by atoms with Gasteiger partial charge < -0.3 is 0 Å². The molecule has 3 aromatic rings. The number of rotatable bonds is 7. The summed E-state index contributed by atoms with van der Waals surface area (Å²) >= 11 is 0.896. The molecule has 0 heterocycles. The van der Waals surface area contributed by atoms with Gasteiger partial charge in [-0.15, -0.1) is 0 Å². The average molecular weight is 426 g/mol. The molecule has 148 valence electrons. The number of thioether (sulfide) groups is 1. The van der Waals surface area contributed by atoms with Gasteiger partial charge in [-0.3, -0.25) is 14.3 Å². The molecule has 29 heavy (non-hydrogen) atoms. The smallest absolute Gasteiger partial charge is 0.261 e. The molecule has 0 spiro atoms. The topological polar surface area (TPSA) is 80.3 Å². The molecule has 0 fully saturated rings. The molecule has 5 nitrogen and oxygen atoms in total. The predicted molar refractivity (Wildman–Crippen MR) is 117 cm³/mol. The van der Waals surface area contributed by atoms with Crippen molar-refractivity contribution in [2.24, 2.45) is 0 Å². The second-order valence-corrected chi connectivity index (χ2v) is 9.11. The van der Waals surface area contributed by atoms with Crippen LogP contribution in [0.1, 0.15) is 17.3 Å². The Bertz CT molecular complexity index is 1120. The lowest BCUT2D eigenvalue weighted by Gasteiger charge is -2.10. The summed E-state index contributed by atoms with van der Waals surface area (Å²) in [5.41, 5.74) is 2.69. The Hall–Kier alpha value is -2.90. The van der Waals surface area contributed by atoms with Gasteiger partial charge in [-0.2, -0.15) is 0 Å². The van der Waals surface area contributed by atoms with Crippen molar-refractivity contribution in [2.45, 2.75) is 11.8 Å². The van der Waals surface area contributed by atoms with E-state index >= 15 is 0 Å². The molecule has 0 saturated heterocycles. The molecule has 0 saturated carbocycles. The molecule has 0 amide bonds. The van der Waals surface area contributed by atoms with Gasteiger partial charge in [-0.25, -0.2) is 8.42 Å². The summed E-state index contributed by atoms with van der Waals surface area (Å²) in [5.74, 6) is -0.317. The molecule has 0 aromatic heterocycles. The number of benzene rings is 3. The average Bonchev–Trinajstić information content (AvgIpc) is 2.73. The molecule has 0 aliphatic rings. The highest BCUT2D eigenvalue weighted by Gasteiger charge is 2.17. The fourth-order valence-corrected chi connectivity index (χ4v) is 4.27. The van der Waals surface area contributed by atoms with E-state index in [-0.39, 0.29) is 27.1 Å². The number of sulfonamides is 1. The van der Waals surface area contributed by atoms with E-state index in [1.165, 1.54) is 31.2 Å². The predicted octanol–water partition coefficient (Wildman–Crippen LogP) is 4.62. The molecule has 3 aromatic carbocycles. The van der Waals surface area contributed by atoms with E-state index in [0.29, 0.717) is 5.69 Å². The van der Waals surface area contributed by atoms with Crippen LogP contribution in [0.15, 0.2) is 83.8 Å². The van der Waals surface area contributed by atoms with E-state index in [2.05, 4.69) is 4.72 Å². The monoisotopic (exact) mass is 425 g/mol. The SMILES string of the molecule is CC(=O)SCC(=O)c1cccc(S(=O)(=O)Nc2ccc(-c3ccccc3)cc2)c1. The highest BCUT2D eigenvalue weighted by Crippen LogP contribution is 2.23. The third-order valence-corrected chi connectivity index (χ3v) is 6.31. The van der Waals surface area contributed by atoms with Crippen LogP contribution in [0, 0.1) is 0 Å². The summed E-state index contributed by atoms with van der Waals surface area (Å²) in [5, 5.41) is -0.164. The second-order valence-electron chi connectivity index (χ2n) is 6.28. The molecule has 1 N–H and O–H groups in total. The van der Waals surface area contributed by atoms with Gasteiger partial charge in [0.2, 0.25) is 0 Å². The Morgan fingerprint density at radius 2 is 1.52 bits per heavy atom. The zero-order chi connectivity index (χ0) is 20.9. The lowest BCUT2D eigenvalue weighted by molar-refractivity contribution is -0.109. The maximum atomic E-state index is 12.7. The van der Waals surface area contributed by atoms with Crippen LogP contribution >= 0.6 is 11.8 Å². The molecule has 0 atom stereocenters. The Morgan fingerprint density at radius 1 is 0.862 bits per heavy atom. The fraction of sp³-hybridized carbons (Fsp3) is 0.0909. The zero-order valence-electron chi connectivity index (χ0n) is 15.7. The molecule has 0 bridgehead atoms. The lowest BCUT2D eigenvalue weighted by Crippen LogP contribution is -2.14. The van der Waals surface area contributed by atoms with Gasteiger partial charge in [0.15, 0.2) is 10.9 Å². The molecule has 0 radical (unpaired) electrons. The van der Waals surface area contributed by atoms with Crippen molar-refractivity contribution in [3.63, 3.8) is 0 Å². The Labute approximate surface area is 174 Å². The van der Waals surface area contributed by atoms with Gasteiger partial charge >= 0.3 is 0 Å². The Kier molecular flexibility index (Phi) is 6.51. The number of Topliss-reactive ketones (excluding diaryl/α,β-unsaturated/α-hetero) is 1. The zero-order valence-corrected chi connectivity index (χ0v) is 17.3. The summed E-state index contributed by atoms with van der Waals surface area (Å²) in [7, 11) is -3.85. The van der Waals surface area contributed by atoms with Crippen LogP contribution in [-0.4, -0.2) is 25.1 Å². The first-order valence-electron chi connectivity index (χ1n) is 8.80. The van der Waals surface area contributed by atoms with Gasteiger partial charge in [0.25, 0.3) is 10.0 Å². The summed E-state index contributed by atoms with van der Waals surface area (Å²) in [6.45, 7) is 1.38. The van der Waals surface area contributed by atoms with Gasteiger partial charge in [0, 0.05) is 18.2 Å². The van der Waals surface area contributed by atoms with Gasteiger partial charge in [0.1, 0.15) is 0 Å². The van der Waals surface area contributed by atoms with Crippen LogP contribution in [0.2, 0.25) is 0 Å². The van der Waals surface area contributed by atoms with Crippen molar-refractivity contribution in [1.29, 1.82) is 0 Å². The highest BCUT2D eigenvalue weighted by molar-refractivity contribution is 8.14. The molecular formula is C22H19NO4S2. The van der Waals surface area contributed by atoms with Crippen LogP contribution in [0.4, 0.5) is 5.69 Å². The van der Waals surface area contributed by atoms with Crippen molar-refractivity contribution in [3.8, 4) is 11.1 Å².